The van der Waals surface area contributed by atoms with Crippen LogP contribution in [0.15, 0.2) is 24.3 Å². The number of hydrogen-bond acceptors (Lipinski definition) is 7. The molecule has 1 aliphatic heterocycles. The lowest BCUT2D eigenvalue weighted by molar-refractivity contribution is -0.147. The van der Waals surface area contributed by atoms with Gasteiger partial charge in [0.15, 0.2) is 16.4 Å². The molecule has 0 saturated carbocycles. The zero-order valence-corrected chi connectivity index (χ0v) is 15.9. The van der Waals surface area contributed by atoms with Crippen molar-refractivity contribution in [3.8, 4) is 5.75 Å². The molecule has 148 valence electrons. The first-order chi connectivity index (χ1) is 12.6. The van der Waals surface area contributed by atoms with Crippen molar-refractivity contribution in [1.82, 2.24) is 10.6 Å². The largest absolute Gasteiger partial charge is 0.497 e. The van der Waals surface area contributed by atoms with E-state index in [9.17, 15) is 22.8 Å². The molecule has 1 aromatic carbocycles. The number of hydrogen-bond donors (Lipinski definition) is 2. The van der Waals surface area contributed by atoms with Gasteiger partial charge in [0.1, 0.15) is 12.3 Å². The maximum atomic E-state index is 12.0. The summed E-state index contributed by atoms with van der Waals surface area (Å²) in [7, 11) is -1.69. The summed E-state index contributed by atoms with van der Waals surface area (Å²) in [5.41, 5.74) is -0.543. The molecule has 1 heterocycles. The van der Waals surface area contributed by atoms with Gasteiger partial charge in [-0.2, -0.15) is 0 Å². The highest BCUT2D eigenvalue weighted by molar-refractivity contribution is 7.91. The predicted octanol–water partition coefficient (Wildman–Crippen LogP) is -0.338. The number of amides is 2. The van der Waals surface area contributed by atoms with Gasteiger partial charge >= 0.3 is 5.97 Å². The van der Waals surface area contributed by atoms with E-state index in [1.165, 1.54) is 13.2 Å². The molecule has 10 heteroatoms. The Morgan fingerprint density at radius 2 is 2.00 bits per heavy atom. The van der Waals surface area contributed by atoms with Crippen molar-refractivity contribution in [2.75, 3.05) is 31.8 Å². The number of esters is 1. The third-order valence-corrected chi connectivity index (χ3v) is 5.94. The van der Waals surface area contributed by atoms with Crippen LogP contribution < -0.4 is 15.4 Å². The summed E-state index contributed by atoms with van der Waals surface area (Å²) >= 11 is 0. The highest BCUT2D eigenvalue weighted by Gasteiger charge is 2.39. The first-order valence-corrected chi connectivity index (χ1v) is 10.0. The lowest BCUT2D eigenvalue weighted by atomic mass is 10.0. The molecular weight excluding hydrogens is 376 g/mol. The van der Waals surface area contributed by atoms with E-state index in [-0.39, 0.29) is 11.5 Å². The molecule has 1 fully saturated rings. The molecule has 1 saturated heterocycles. The molecule has 0 bridgehead atoms. The van der Waals surface area contributed by atoms with Gasteiger partial charge in [-0.3, -0.25) is 14.4 Å². The second kappa shape index (κ2) is 8.38. The molecule has 0 aromatic heterocycles. The second-order valence-electron chi connectivity index (χ2n) is 6.53. The Balaban J connectivity index is 1.74. The van der Waals surface area contributed by atoms with Crippen molar-refractivity contribution in [3.05, 3.63) is 29.8 Å². The molecular formula is C17H22N2O7S. The summed E-state index contributed by atoms with van der Waals surface area (Å²) in [6.07, 6.45) is 0.311. The minimum atomic E-state index is -3.16. The third-order valence-electron chi connectivity index (χ3n) is 4.03. The van der Waals surface area contributed by atoms with Crippen LogP contribution in [0.25, 0.3) is 0 Å². The fraction of sp³-hybridized carbons (Fsp3) is 0.471. The van der Waals surface area contributed by atoms with E-state index >= 15 is 0 Å². The van der Waals surface area contributed by atoms with Crippen molar-refractivity contribution in [3.63, 3.8) is 0 Å². The van der Waals surface area contributed by atoms with Crippen LogP contribution in [0.1, 0.15) is 23.7 Å². The average molecular weight is 398 g/mol. The van der Waals surface area contributed by atoms with Crippen molar-refractivity contribution in [1.29, 1.82) is 0 Å². The Morgan fingerprint density at radius 3 is 2.63 bits per heavy atom. The molecule has 0 spiro atoms. The molecule has 2 rings (SSSR count). The van der Waals surface area contributed by atoms with Gasteiger partial charge in [-0.15, -0.1) is 0 Å². The number of sulfone groups is 1. The predicted molar refractivity (Wildman–Crippen MR) is 96.1 cm³/mol. The monoisotopic (exact) mass is 398 g/mol. The summed E-state index contributed by atoms with van der Waals surface area (Å²) in [6.45, 7) is 0.671. The highest BCUT2D eigenvalue weighted by atomic mass is 32.2. The number of benzene rings is 1. The first-order valence-electron chi connectivity index (χ1n) is 8.22. The van der Waals surface area contributed by atoms with Crippen LogP contribution in [0.5, 0.6) is 5.75 Å². The molecule has 1 atom stereocenters. The zero-order valence-electron chi connectivity index (χ0n) is 15.1. The van der Waals surface area contributed by atoms with Gasteiger partial charge in [0, 0.05) is 5.56 Å². The Hall–Kier alpha value is -2.62. The quantitative estimate of drug-likeness (QED) is 0.602. The Bertz CT molecular complexity index is 837. The van der Waals surface area contributed by atoms with Gasteiger partial charge in [0.25, 0.3) is 11.8 Å². The molecule has 9 nitrogen and oxygen atoms in total. The fourth-order valence-corrected chi connectivity index (χ4v) is 4.79. The van der Waals surface area contributed by atoms with Crippen LogP contribution >= 0.6 is 0 Å². The number of nitrogens with one attached hydrogen (secondary N) is 2. The van der Waals surface area contributed by atoms with E-state index in [1.807, 2.05) is 0 Å². The molecule has 1 aliphatic rings. The van der Waals surface area contributed by atoms with Crippen molar-refractivity contribution in [2.45, 2.75) is 18.9 Å². The molecule has 27 heavy (non-hydrogen) atoms. The van der Waals surface area contributed by atoms with Crippen LogP contribution in [0.4, 0.5) is 0 Å². The molecule has 0 radical (unpaired) electrons. The second-order valence-corrected chi connectivity index (χ2v) is 8.71. The first kappa shape index (κ1) is 20.7. The SMILES string of the molecule is COc1cccc(C(=O)NCC(=O)OCC(=O)N[C@@]2(C)CCS(=O)(=O)C2)c1. The third kappa shape index (κ3) is 6.24. The lowest BCUT2D eigenvalue weighted by Gasteiger charge is -2.23. The number of methoxy groups -OCH3 is 1. The lowest BCUT2D eigenvalue weighted by Crippen LogP contribution is -2.48. The topological polar surface area (TPSA) is 128 Å². The Labute approximate surface area is 157 Å². The van der Waals surface area contributed by atoms with E-state index < -0.39 is 46.3 Å². The number of ether oxygens (including phenoxy) is 2. The minimum Gasteiger partial charge on any atom is -0.497 e. The van der Waals surface area contributed by atoms with Crippen LogP contribution in [0.3, 0.4) is 0 Å². The fourth-order valence-electron chi connectivity index (χ4n) is 2.70. The summed E-state index contributed by atoms with van der Waals surface area (Å²) in [6, 6.07) is 6.40. The minimum absolute atomic E-state index is 0.0138. The van der Waals surface area contributed by atoms with E-state index in [4.69, 9.17) is 9.47 Å². The van der Waals surface area contributed by atoms with Gasteiger partial charge in [0.05, 0.1) is 24.2 Å². The number of carbonyl (C=O) groups is 3. The van der Waals surface area contributed by atoms with Gasteiger partial charge in [0.2, 0.25) is 0 Å². The molecule has 0 unspecified atom stereocenters. The van der Waals surface area contributed by atoms with E-state index in [2.05, 4.69) is 10.6 Å². The Kier molecular flexibility index (Phi) is 6.42. The number of rotatable bonds is 7. The summed E-state index contributed by atoms with van der Waals surface area (Å²) < 4.78 is 32.9. The maximum absolute atomic E-state index is 12.0. The van der Waals surface area contributed by atoms with Crippen LogP contribution in [0, 0.1) is 0 Å². The average Bonchev–Trinajstić information content (AvgIpc) is 2.90. The summed E-state index contributed by atoms with van der Waals surface area (Å²) in [4.78, 5) is 35.5. The van der Waals surface area contributed by atoms with Crippen molar-refractivity contribution < 1.29 is 32.3 Å². The summed E-state index contributed by atoms with van der Waals surface area (Å²) in [5, 5.41) is 4.96. The van der Waals surface area contributed by atoms with E-state index in [0.29, 0.717) is 17.7 Å². The van der Waals surface area contributed by atoms with Gasteiger partial charge in [-0.05, 0) is 31.5 Å². The van der Waals surface area contributed by atoms with Crippen molar-refractivity contribution in [2.24, 2.45) is 0 Å². The summed E-state index contributed by atoms with van der Waals surface area (Å²) in [5.74, 6) is -1.49. The van der Waals surface area contributed by atoms with Gasteiger partial charge < -0.3 is 20.1 Å². The molecule has 0 aliphatic carbocycles. The van der Waals surface area contributed by atoms with Crippen LogP contribution in [-0.2, 0) is 24.2 Å². The van der Waals surface area contributed by atoms with E-state index in [0.717, 1.165) is 0 Å². The van der Waals surface area contributed by atoms with Crippen LogP contribution in [-0.4, -0.2) is 63.5 Å². The smallest absolute Gasteiger partial charge is 0.325 e. The maximum Gasteiger partial charge on any atom is 0.325 e. The molecule has 2 N–H and O–H groups in total. The highest BCUT2D eigenvalue weighted by Crippen LogP contribution is 2.22. The standard InChI is InChI=1S/C17H22N2O7S/c1-17(6-7-27(23,24)11-17)19-14(20)10-26-15(21)9-18-16(22)12-4-3-5-13(8-12)25-2/h3-5,8H,6-7,9-11H2,1-2H3,(H,18,22)(H,19,20)/t17-/m0/s1. The normalized spacial score (nSPS) is 20.5. The zero-order chi connectivity index (χ0) is 20.1. The van der Waals surface area contributed by atoms with E-state index in [1.54, 1.807) is 25.1 Å². The van der Waals surface area contributed by atoms with Gasteiger partial charge in [-0.1, -0.05) is 6.07 Å². The molecule has 1 aromatic rings. The molecule has 2 amide bonds. The van der Waals surface area contributed by atoms with Gasteiger partial charge in [-0.25, -0.2) is 8.42 Å². The number of carbonyl (C=O) groups excluding carboxylic acids is 3. The Morgan fingerprint density at radius 1 is 1.26 bits per heavy atom. The van der Waals surface area contributed by atoms with Crippen LogP contribution in [0.2, 0.25) is 0 Å². The van der Waals surface area contributed by atoms with Crippen molar-refractivity contribution >= 4 is 27.6 Å².